The molecule has 2 rings (SSSR count). The molecule has 0 aromatic heterocycles. The van der Waals surface area contributed by atoms with Crippen LogP contribution in [0.5, 0.6) is 0 Å². The number of ether oxygens (including phenoxy) is 1. The Morgan fingerprint density at radius 1 is 1.06 bits per heavy atom. The van der Waals surface area contributed by atoms with Crippen molar-refractivity contribution in [2.24, 2.45) is 11.8 Å². The first kappa shape index (κ1) is 29.3. The van der Waals surface area contributed by atoms with E-state index in [1.807, 2.05) is 52.6 Å². The normalized spacial score (nSPS) is 23.5. The highest BCUT2D eigenvalue weighted by atomic mass is 16.5. The summed E-state index contributed by atoms with van der Waals surface area (Å²) < 4.78 is 5.30. The van der Waals surface area contributed by atoms with Crippen LogP contribution in [0.3, 0.4) is 0 Å². The molecule has 8 nitrogen and oxygen atoms in total. The Labute approximate surface area is 212 Å². The maximum atomic E-state index is 13.6. The highest BCUT2D eigenvalue weighted by molar-refractivity contribution is 5.94. The van der Waals surface area contributed by atoms with Gasteiger partial charge in [-0.1, -0.05) is 40.2 Å². The topological polar surface area (TPSA) is 82.2 Å². The summed E-state index contributed by atoms with van der Waals surface area (Å²) in [5.74, 6) is -0.144. The predicted molar refractivity (Wildman–Crippen MR) is 139 cm³/mol. The molecule has 2 aliphatic heterocycles. The molecule has 0 aromatic rings. The highest BCUT2D eigenvalue weighted by Gasteiger charge is 2.35. The van der Waals surface area contributed by atoms with Gasteiger partial charge in [-0.2, -0.15) is 0 Å². The van der Waals surface area contributed by atoms with Gasteiger partial charge in [0.15, 0.2) is 0 Å². The van der Waals surface area contributed by atoms with E-state index in [1.165, 1.54) is 0 Å². The van der Waals surface area contributed by atoms with Crippen molar-refractivity contribution in [3.8, 4) is 0 Å². The Morgan fingerprint density at radius 2 is 1.74 bits per heavy atom. The fourth-order valence-corrected chi connectivity index (χ4v) is 5.31. The smallest absolute Gasteiger partial charge is 0.249 e. The fourth-order valence-electron chi connectivity index (χ4n) is 5.31. The summed E-state index contributed by atoms with van der Waals surface area (Å²) >= 11 is 0. The minimum Gasteiger partial charge on any atom is -0.383 e. The summed E-state index contributed by atoms with van der Waals surface area (Å²) in [5, 5.41) is 3.05. The van der Waals surface area contributed by atoms with Crippen LogP contribution >= 0.6 is 0 Å². The summed E-state index contributed by atoms with van der Waals surface area (Å²) in [6.07, 6.45) is 6.78. The number of likely N-dealkylation sites (N-methyl/N-ethyl adjacent to an activating group) is 2. The molecule has 2 saturated heterocycles. The number of nitrogens with zero attached hydrogens (tertiary/aromatic N) is 3. The number of carbonyl (C=O) groups excluding carboxylic acids is 3. The van der Waals surface area contributed by atoms with E-state index < -0.39 is 6.04 Å². The van der Waals surface area contributed by atoms with E-state index in [0.29, 0.717) is 12.2 Å². The molecule has 0 radical (unpaired) electrons. The molecule has 4 atom stereocenters. The van der Waals surface area contributed by atoms with Crippen LogP contribution in [-0.2, 0) is 19.1 Å². The molecule has 0 bridgehead atoms. The summed E-state index contributed by atoms with van der Waals surface area (Å²) in [6.45, 7) is 12.0. The van der Waals surface area contributed by atoms with Gasteiger partial charge in [-0.3, -0.25) is 19.3 Å². The lowest BCUT2D eigenvalue weighted by molar-refractivity contribution is -0.139. The second kappa shape index (κ2) is 13.4. The van der Waals surface area contributed by atoms with Crippen molar-refractivity contribution in [1.82, 2.24) is 20.0 Å². The first-order valence-electron chi connectivity index (χ1n) is 13.2. The average Bonchev–Trinajstić information content (AvgIpc) is 3.27. The van der Waals surface area contributed by atoms with E-state index in [0.717, 1.165) is 45.2 Å². The minimum absolute atomic E-state index is 0.00472. The summed E-state index contributed by atoms with van der Waals surface area (Å²) in [4.78, 5) is 45.6. The highest BCUT2D eigenvalue weighted by Crippen LogP contribution is 2.22. The summed E-state index contributed by atoms with van der Waals surface area (Å²) in [6, 6.07) is -0.959. The first-order valence-corrected chi connectivity index (χ1v) is 13.2. The van der Waals surface area contributed by atoms with Gasteiger partial charge in [0.2, 0.25) is 17.7 Å². The van der Waals surface area contributed by atoms with Gasteiger partial charge < -0.3 is 19.9 Å². The lowest BCUT2D eigenvalue weighted by atomic mass is 9.96. The lowest BCUT2D eigenvalue weighted by Crippen LogP contribution is -2.57. The Hall–Kier alpha value is -1.93. The van der Waals surface area contributed by atoms with Gasteiger partial charge in [-0.05, 0) is 58.0 Å². The Bertz CT molecular complexity index is 766. The molecule has 8 heteroatoms. The van der Waals surface area contributed by atoms with Crippen molar-refractivity contribution in [1.29, 1.82) is 0 Å². The Morgan fingerprint density at radius 3 is 2.31 bits per heavy atom. The molecule has 0 spiro atoms. The van der Waals surface area contributed by atoms with Crippen LogP contribution in [0.2, 0.25) is 0 Å². The van der Waals surface area contributed by atoms with Crippen LogP contribution in [0.15, 0.2) is 11.6 Å². The number of nitrogens with one attached hydrogen (secondary N) is 1. The van der Waals surface area contributed by atoms with E-state index in [1.54, 1.807) is 19.1 Å². The number of amides is 3. The van der Waals surface area contributed by atoms with Gasteiger partial charge in [0.05, 0.1) is 24.7 Å². The molecule has 2 heterocycles. The number of piperidine rings is 1. The number of hydrogen-bond donors (Lipinski definition) is 1. The monoisotopic (exact) mass is 492 g/mol. The number of carbonyl (C=O) groups is 3. The maximum absolute atomic E-state index is 13.6. The average molecular weight is 493 g/mol. The van der Waals surface area contributed by atoms with Gasteiger partial charge in [-0.15, -0.1) is 0 Å². The zero-order valence-electron chi connectivity index (χ0n) is 23.2. The maximum Gasteiger partial charge on any atom is 0.249 e. The minimum atomic E-state index is -0.613. The molecule has 35 heavy (non-hydrogen) atoms. The van der Waals surface area contributed by atoms with Crippen LogP contribution in [-0.4, -0.2) is 97.5 Å². The van der Waals surface area contributed by atoms with E-state index in [2.05, 4.69) is 10.2 Å². The number of methoxy groups -OCH3 is 1. The summed E-state index contributed by atoms with van der Waals surface area (Å²) in [5.41, 5.74) is 0.639. The van der Waals surface area contributed by atoms with E-state index in [-0.39, 0.29) is 47.7 Å². The van der Waals surface area contributed by atoms with Crippen molar-refractivity contribution < 1.29 is 19.1 Å². The van der Waals surface area contributed by atoms with Crippen molar-refractivity contribution in [2.45, 2.75) is 90.9 Å². The van der Waals surface area contributed by atoms with Crippen LogP contribution in [0.4, 0.5) is 0 Å². The third-order valence-electron chi connectivity index (χ3n) is 7.54. The van der Waals surface area contributed by atoms with Crippen LogP contribution < -0.4 is 5.32 Å². The van der Waals surface area contributed by atoms with E-state index >= 15 is 0 Å². The van der Waals surface area contributed by atoms with Crippen molar-refractivity contribution in [3.05, 3.63) is 11.6 Å². The quantitative estimate of drug-likeness (QED) is 0.474. The predicted octanol–water partition coefficient (Wildman–Crippen LogP) is 2.68. The third kappa shape index (κ3) is 7.53. The Kier molecular flexibility index (Phi) is 11.2. The van der Waals surface area contributed by atoms with Crippen molar-refractivity contribution in [2.75, 3.05) is 40.9 Å². The Balaban J connectivity index is 2.17. The van der Waals surface area contributed by atoms with Gasteiger partial charge in [0.25, 0.3) is 0 Å². The zero-order valence-corrected chi connectivity index (χ0v) is 23.2. The summed E-state index contributed by atoms with van der Waals surface area (Å²) in [7, 11) is 5.41. The number of hydrogen-bond acceptors (Lipinski definition) is 5. The first-order chi connectivity index (χ1) is 16.5. The standard InChI is InChI=1S/C27H48N4O4/c1-18(2)23(16-20(5)26(33)31-15-11-12-21(31)17-35-8)30(7)27(34)24(19(3)4)28-25(32)22-13-9-10-14-29(22)6/h16,18-19,21-24H,9-15,17H2,1-8H3,(H,28,32)/t21-,22+,23+,24-/m0/s1. The second-order valence-electron chi connectivity index (χ2n) is 11.0. The van der Waals surface area contributed by atoms with Gasteiger partial charge >= 0.3 is 0 Å². The molecule has 2 aliphatic rings. The van der Waals surface area contributed by atoms with Crippen LogP contribution in [0.1, 0.15) is 66.7 Å². The molecule has 0 unspecified atom stereocenters. The van der Waals surface area contributed by atoms with Crippen LogP contribution in [0, 0.1) is 11.8 Å². The molecule has 0 aromatic carbocycles. The molecule has 3 amide bonds. The zero-order chi connectivity index (χ0) is 26.3. The number of likely N-dealkylation sites (tertiary alicyclic amines) is 2. The van der Waals surface area contributed by atoms with E-state index in [9.17, 15) is 14.4 Å². The van der Waals surface area contributed by atoms with Gasteiger partial charge in [-0.25, -0.2) is 0 Å². The molecular formula is C27H48N4O4. The molecule has 2 fully saturated rings. The van der Waals surface area contributed by atoms with Gasteiger partial charge in [0, 0.05) is 26.3 Å². The SMILES string of the molecule is COC[C@@H]1CCCN1C(=O)C(C)=C[C@H](C(C)C)N(C)C(=O)[C@@H](NC(=O)[C@H]1CCCCN1C)C(C)C. The molecule has 0 saturated carbocycles. The van der Waals surface area contributed by atoms with Crippen molar-refractivity contribution >= 4 is 17.7 Å². The molecule has 0 aliphatic carbocycles. The fraction of sp³-hybridized carbons (Fsp3) is 0.815. The molecule has 1 N–H and O–H groups in total. The second-order valence-corrected chi connectivity index (χ2v) is 11.0. The van der Waals surface area contributed by atoms with Crippen molar-refractivity contribution in [3.63, 3.8) is 0 Å². The molecule has 200 valence electrons. The molecular weight excluding hydrogens is 444 g/mol. The van der Waals surface area contributed by atoms with Gasteiger partial charge in [0.1, 0.15) is 6.04 Å². The van der Waals surface area contributed by atoms with E-state index in [4.69, 9.17) is 4.74 Å². The largest absolute Gasteiger partial charge is 0.383 e. The third-order valence-corrected chi connectivity index (χ3v) is 7.54. The number of rotatable bonds is 10. The lowest BCUT2D eigenvalue weighted by Gasteiger charge is -2.36. The van der Waals surface area contributed by atoms with Crippen LogP contribution in [0.25, 0.3) is 0 Å².